The second kappa shape index (κ2) is 3.40. The van der Waals surface area contributed by atoms with Crippen molar-refractivity contribution in [2.75, 3.05) is 19.6 Å². The van der Waals surface area contributed by atoms with Gasteiger partial charge < -0.3 is 11.1 Å². The van der Waals surface area contributed by atoms with Gasteiger partial charge in [0.05, 0.1) is 5.38 Å². The molecule has 0 aliphatic carbocycles. The van der Waals surface area contributed by atoms with Crippen molar-refractivity contribution < 1.29 is 0 Å². The molecule has 0 aromatic carbocycles. The smallest absolute Gasteiger partial charge is 0.0501 e. The number of hydrogen-bond acceptors (Lipinski definition) is 2. The molecule has 2 atom stereocenters. The summed E-state index contributed by atoms with van der Waals surface area (Å²) in [5.74, 6) is 0.608. The van der Waals surface area contributed by atoms with Crippen LogP contribution >= 0.6 is 11.6 Å². The van der Waals surface area contributed by atoms with Gasteiger partial charge in [0, 0.05) is 6.54 Å². The van der Waals surface area contributed by atoms with Gasteiger partial charge >= 0.3 is 0 Å². The Balaban J connectivity index is 2.22. The molecule has 1 heterocycles. The molecule has 3 heteroatoms. The molecule has 3 N–H and O–H groups in total. The van der Waals surface area contributed by atoms with Gasteiger partial charge in [-0.3, -0.25) is 0 Å². The van der Waals surface area contributed by atoms with Gasteiger partial charge in [0.1, 0.15) is 0 Å². The standard InChI is InChI=1S/C6H13ClN2/c7-6-4-9-3-5(6)1-2-8/h5-6,9H,1-4,8H2. The van der Waals surface area contributed by atoms with Gasteiger partial charge in [-0.1, -0.05) is 0 Å². The highest BCUT2D eigenvalue weighted by Gasteiger charge is 2.23. The summed E-state index contributed by atoms with van der Waals surface area (Å²) in [4.78, 5) is 0. The van der Waals surface area contributed by atoms with E-state index in [0.717, 1.165) is 26.1 Å². The molecule has 0 radical (unpaired) electrons. The summed E-state index contributed by atoms with van der Waals surface area (Å²) in [6.45, 7) is 2.76. The molecule has 9 heavy (non-hydrogen) atoms. The highest BCUT2D eigenvalue weighted by atomic mass is 35.5. The van der Waals surface area contributed by atoms with Crippen molar-refractivity contribution in [1.82, 2.24) is 5.32 Å². The van der Waals surface area contributed by atoms with Crippen LogP contribution in [0.25, 0.3) is 0 Å². The largest absolute Gasteiger partial charge is 0.330 e. The minimum absolute atomic E-state index is 0.313. The van der Waals surface area contributed by atoms with Gasteiger partial charge in [0.2, 0.25) is 0 Å². The monoisotopic (exact) mass is 148 g/mol. The van der Waals surface area contributed by atoms with Crippen LogP contribution in [0.15, 0.2) is 0 Å². The molecule has 0 amide bonds. The summed E-state index contributed by atoms with van der Waals surface area (Å²) >= 11 is 5.94. The van der Waals surface area contributed by atoms with Crippen LogP contribution < -0.4 is 11.1 Å². The number of nitrogens with one attached hydrogen (secondary N) is 1. The van der Waals surface area contributed by atoms with E-state index in [1.807, 2.05) is 0 Å². The first-order valence-electron chi connectivity index (χ1n) is 3.39. The predicted octanol–water partition coefficient (Wildman–Crippen LogP) is 0.162. The number of rotatable bonds is 2. The van der Waals surface area contributed by atoms with Gasteiger partial charge in [-0.05, 0) is 25.4 Å². The molecule has 1 fully saturated rings. The van der Waals surface area contributed by atoms with Crippen molar-refractivity contribution >= 4 is 11.6 Å². The second-order valence-electron chi connectivity index (χ2n) is 2.51. The molecular formula is C6H13ClN2. The maximum Gasteiger partial charge on any atom is 0.0501 e. The Morgan fingerprint density at radius 3 is 2.78 bits per heavy atom. The Bertz CT molecular complexity index is 87.1. The average molecular weight is 149 g/mol. The summed E-state index contributed by atoms with van der Waals surface area (Å²) in [6.07, 6.45) is 1.06. The number of alkyl halides is 1. The lowest BCUT2D eigenvalue weighted by Crippen LogP contribution is -2.16. The summed E-state index contributed by atoms with van der Waals surface area (Å²) in [5, 5.41) is 3.53. The average Bonchev–Trinajstić information content (AvgIpc) is 2.18. The molecule has 1 aliphatic heterocycles. The maximum absolute atomic E-state index is 5.94. The van der Waals surface area contributed by atoms with E-state index >= 15 is 0 Å². The molecule has 0 spiro atoms. The summed E-state index contributed by atoms with van der Waals surface area (Å²) in [7, 11) is 0. The Morgan fingerprint density at radius 2 is 2.33 bits per heavy atom. The lowest BCUT2D eigenvalue weighted by atomic mass is 10.1. The minimum Gasteiger partial charge on any atom is -0.330 e. The van der Waals surface area contributed by atoms with E-state index in [4.69, 9.17) is 17.3 Å². The quantitative estimate of drug-likeness (QED) is 0.548. The lowest BCUT2D eigenvalue weighted by Gasteiger charge is -2.08. The molecule has 1 rings (SSSR count). The molecule has 2 nitrogen and oxygen atoms in total. The highest BCUT2D eigenvalue weighted by Crippen LogP contribution is 2.17. The van der Waals surface area contributed by atoms with Gasteiger partial charge in [-0.15, -0.1) is 11.6 Å². The van der Waals surface area contributed by atoms with E-state index in [2.05, 4.69) is 5.32 Å². The Morgan fingerprint density at radius 1 is 1.56 bits per heavy atom. The van der Waals surface area contributed by atoms with Crippen LogP contribution in [0.2, 0.25) is 0 Å². The number of hydrogen-bond donors (Lipinski definition) is 2. The minimum atomic E-state index is 0.313. The summed E-state index contributed by atoms with van der Waals surface area (Å²) in [6, 6.07) is 0. The second-order valence-corrected chi connectivity index (χ2v) is 3.07. The topological polar surface area (TPSA) is 38.0 Å². The van der Waals surface area contributed by atoms with Gasteiger partial charge in [-0.2, -0.15) is 0 Å². The van der Waals surface area contributed by atoms with Crippen LogP contribution in [0, 0.1) is 5.92 Å². The first-order chi connectivity index (χ1) is 4.34. The zero-order valence-electron chi connectivity index (χ0n) is 5.44. The van der Waals surface area contributed by atoms with E-state index < -0.39 is 0 Å². The van der Waals surface area contributed by atoms with Crippen molar-refractivity contribution in [2.45, 2.75) is 11.8 Å². The predicted molar refractivity (Wildman–Crippen MR) is 39.7 cm³/mol. The van der Waals surface area contributed by atoms with Crippen molar-refractivity contribution in [3.63, 3.8) is 0 Å². The van der Waals surface area contributed by atoms with Crippen LogP contribution in [-0.4, -0.2) is 25.0 Å². The maximum atomic E-state index is 5.94. The zero-order chi connectivity index (χ0) is 6.69. The normalized spacial score (nSPS) is 35.3. The molecule has 0 saturated carbocycles. The third kappa shape index (κ3) is 1.81. The highest BCUT2D eigenvalue weighted by molar-refractivity contribution is 6.21. The molecule has 1 saturated heterocycles. The Kier molecular flexibility index (Phi) is 2.76. The van der Waals surface area contributed by atoms with Crippen molar-refractivity contribution in [3.8, 4) is 0 Å². The molecule has 0 bridgehead atoms. The number of halogens is 1. The van der Waals surface area contributed by atoms with Crippen LogP contribution in [0.3, 0.4) is 0 Å². The van der Waals surface area contributed by atoms with E-state index in [-0.39, 0.29) is 0 Å². The van der Waals surface area contributed by atoms with Crippen LogP contribution in [0.5, 0.6) is 0 Å². The lowest BCUT2D eigenvalue weighted by molar-refractivity contribution is 0.546. The summed E-state index contributed by atoms with van der Waals surface area (Å²) < 4.78 is 0. The van der Waals surface area contributed by atoms with Crippen LogP contribution in [0.1, 0.15) is 6.42 Å². The molecular weight excluding hydrogens is 136 g/mol. The SMILES string of the molecule is NCCC1CNCC1Cl. The molecule has 2 unspecified atom stereocenters. The number of nitrogens with two attached hydrogens (primary N) is 1. The molecule has 1 aliphatic rings. The fourth-order valence-corrected chi connectivity index (χ4v) is 1.52. The summed E-state index contributed by atoms with van der Waals surface area (Å²) in [5.41, 5.74) is 5.38. The molecule has 54 valence electrons. The van der Waals surface area contributed by atoms with E-state index in [1.54, 1.807) is 0 Å². The van der Waals surface area contributed by atoms with Gasteiger partial charge in [-0.25, -0.2) is 0 Å². The van der Waals surface area contributed by atoms with Crippen molar-refractivity contribution in [3.05, 3.63) is 0 Å². The van der Waals surface area contributed by atoms with Crippen molar-refractivity contribution in [2.24, 2.45) is 11.7 Å². The zero-order valence-corrected chi connectivity index (χ0v) is 6.19. The first kappa shape index (κ1) is 7.32. The molecule has 0 aromatic heterocycles. The molecule has 0 aromatic rings. The van der Waals surface area contributed by atoms with Crippen molar-refractivity contribution in [1.29, 1.82) is 0 Å². The van der Waals surface area contributed by atoms with E-state index in [0.29, 0.717) is 11.3 Å². The first-order valence-corrected chi connectivity index (χ1v) is 3.83. The van der Waals surface area contributed by atoms with Gasteiger partial charge in [0.25, 0.3) is 0 Å². The van der Waals surface area contributed by atoms with E-state index in [1.165, 1.54) is 0 Å². The van der Waals surface area contributed by atoms with E-state index in [9.17, 15) is 0 Å². The third-order valence-electron chi connectivity index (χ3n) is 1.79. The fourth-order valence-electron chi connectivity index (χ4n) is 1.20. The Labute approximate surface area is 60.8 Å². The van der Waals surface area contributed by atoms with Gasteiger partial charge in [0.15, 0.2) is 0 Å². The van der Waals surface area contributed by atoms with Crippen LogP contribution in [-0.2, 0) is 0 Å². The third-order valence-corrected chi connectivity index (χ3v) is 2.31. The fraction of sp³-hybridized carbons (Fsp3) is 1.00. The van der Waals surface area contributed by atoms with Crippen LogP contribution in [0.4, 0.5) is 0 Å². The Hall–Kier alpha value is 0.210.